The van der Waals surface area contributed by atoms with Crippen LogP contribution in [-0.2, 0) is 13.1 Å². The van der Waals surface area contributed by atoms with Gasteiger partial charge >= 0.3 is 6.61 Å². The Labute approximate surface area is 133 Å². The molecule has 0 aliphatic rings. The van der Waals surface area contributed by atoms with Gasteiger partial charge in [-0.1, -0.05) is 48.5 Å². The highest BCUT2D eigenvalue weighted by molar-refractivity contribution is 5.82. The molecule has 1 N–H and O–H groups in total. The van der Waals surface area contributed by atoms with Crippen molar-refractivity contribution in [3.8, 4) is 5.75 Å². The van der Waals surface area contributed by atoms with Gasteiger partial charge < -0.3 is 10.1 Å². The Kier molecular flexibility index (Phi) is 4.83. The van der Waals surface area contributed by atoms with Crippen molar-refractivity contribution in [2.45, 2.75) is 19.7 Å². The van der Waals surface area contributed by atoms with Crippen LogP contribution in [0.5, 0.6) is 5.75 Å². The van der Waals surface area contributed by atoms with Gasteiger partial charge in [0.15, 0.2) is 0 Å². The van der Waals surface area contributed by atoms with Gasteiger partial charge in [-0.05, 0) is 40.1 Å². The van der Waals surface area contributed by atoms with Gasteiger partial charge in [-0.15, -0.1) is 0 Å². The molecule has 0 spiro atoms. The molecule has 0 bridgehead atoms. The third-order valence-corrected chi connectivity index (χ3v) is 3.62. The molecular weight excluding hydrogens is 296 g/mol. The number of hydrogen-bond acceptors (Lipinski definition) is 2. The molecule has 0 radical (unpaired) electrons. The Hall–Kier alpha value is -2.46. The first kappa shape index (κ1) is 15.4. The summed E-state index contributed by atoms with van der Waals surface area (Å²) in [6.07, 6.45) is 0. The fourth-order valence-corrected chi connectivity index (χ4v) is 2.49. The number of benzene rings is 3. The normalized spacial score (nSPS) is 11.1. The average Bonchev–Trinajstić information content (AvgIpc) is 2.56. The Bertz CT molecular complexity index is 772. The van der Waals surface area contributed by atoms with E-state index in [0.717, 1.165) is 12.1 Å². The number of fused-ring (bicyclic) bond motifs is 1. The zero-order valence-corrected chi connectivity index (χ0v) is 12.5. The molecule has 118 valence electrons. The third kappa shape index (κ3) is 4.27. The largest absolute Gasteiger partial charge is 0.435 e. The summed E-state index contributed by atoms with van der Waals surface area (Å²) in [4.78, 5) is 0. The zero-order chi connectivity index (χ0) is 16.1. The monoisotopic (exact) mass is 313 g/mol. The number of ether oxygens (including phenoxy) is 1. The van der Waals surface area contributed by atoms with Gasteiger partial charge in [0, 0.05) is 13.1 Å². The van der Waals surface area contributed by atoms with Crippen molar-refractivity contribution in [3.63, 3.8) is 0 Å². The third-order valence-electron chi connectivity index (χ3n) is 3.62. The van der Waals surface area contributed by atoms with Crippen LogP contribution in [0, 0.1) is 0 Å². The molecule has 0 atom stereocenters. The van der Waals surface area contributed by atoms with Crippen LogP contribution in [0.15, 0.2) is 66.7 Å². The van der Waals surface area contributed by atoms with E-state index in [9.17, 15) is 8.78 Å². The lowest BCUT2D eigenvalue weighted by molar-refractivity contribution is -0.0498. The van der Waals surface area contributed by atoms with Gasteiger partial charge in [-0.2, -0.15) is 8.78 Å². The standard InChI is InChI=1S/C19H17F2NO/c20-19(21)23-18-9-6-14(7-10-18)12-22-13-15-5-8-16-3-1-2-4-17(16)11-15/h1-11,19,22H,12-13H2. The second kappa shape index (κ2) is 7.20. The molecule has 3 aromatic rings. The maximum Gasteiger partial charge on any atom is 0.387 e. The summed E-state index contributed by atoms with van der Waals surface area (Å²) in [5, 5.41) is 5.80. The quantitative estimate of drug-likeness (QED) is 0.710. The molecule has 2 nitrogen and oxygen atoms in total. The summed E-state index contributed by atoms with van der Waals surface area (Å²) in [5.74, 6) is 0.179. The van der Waals surface area contributed by atoms with Crippen LogP contribution in [0.3, 0.4) is 0 Å². The number of alkyl halides is 2. The number of nitrogens with one attached hydrogen (secondary N) is 1. The van der Waals surface area contributed by atoms with Gasteiger partial charge in [0.2, 0.25) is 0 Å². The first-order valence-corrected chi connectivity index (χ1v) is 7.43. The van der Waals surface area contributed by atoms with E-state index in [1.807, 2.05) is 12.1 Å². The highest BCUT2D eigenvalue weighted by Gasteiger charge is 2.03. The van der Waals surface area contributed by atoms with Crippen molar-refractivity contribution in [3.05, 3.63) is 77.9 Å². The predicted octanol–water partition coefficient (Wildman–Crippen LogP) is 4.73. The molecule has 0 amide bonds. The van der Waals surface area contributed by atoms with Crippen molar-refractivity contribution in [2.24, 2.45) is 0 Å². The second-order valence-corrected chi connectivity index (χ2v) is 5.31. The molecule has 3 rings (SSSR count). The lowest BCUT2D eigenvalue weighted by atomic mass is 10.1. The minimum Gasteiger partial charge on any atom is -0.435 e. The van der Waals surface area contributed by atoms with Crippen molar-refractivity contribution in [1.82, 2.24) is 5.32 Å². The van der Waals surface area contributed by atoms with E-state index in [4.69, 9.17) is 0 Å². The molecule has 23 heavy (non-hydrogen) atoms. The van der Waals surface area contributed by atoms with Crippen LogP contribution in [0.1, 0.15) is 11.1 Å². The van der Waals surface area contributed by atoms with Crippen LogP contribution in [0.4, 0.5) is 8.78 Å². The SMILES string of the molecule is FC(F)Oc1ccc(CNCc2ccc3ccccc3c2)cc1. The molecule has 0 saturated carbocycles. The van der Waals surface area contributed by atoms with Gasteiger partial charge in [0.25, 0.3) is 0 Å². The maximum atomic E-state index is 12.1. The predicted molar refractivity (Wildman–Crippen MR) is 87.6 cm³/mol. The van der Waals surface area contributed by atoms with E-state index in [1.165, 1.54) is 16.3 Å². The van der Waals surface area contributed by atoms with E-state index < -0.39 is 6.61 Å². The topological polar surface area (TPSA) is 21.3 Å². The van der Waals surface area contributed by atoms with Gasteiger partial charge in [0.1, 0.15) is 5.75 Å². The molecule has 0 aromatic heterocycles. The number of hydrogen-bond donors (Lipinski definition) is 1. The average molecular weight is 313 g/mol. The molecule has 0 heterocycles. The van der Waals surface area contributed by atoms with Crippen LogP contribution < -0.4 is 10.1 Å². The van der Waals surface area contributed by atoms with Crippen molar-refractivity contribution >= 4 is 10.8 Å². The number of rotatable bonds is 6. The van der Waals surface area contributed by atoms with Crippen LogP contribution in [0.2, 0.25) is 0 Å². The Morgan fingerprint density at radius 3 is 2.17 bits per heavy atom. The van der Waals surface area contributed by atoms with Crippen molar-refractivity contribution in [1.29, 1.82) is 0 Å². The summed E-state index contributed by atoms with van der Waals surface area (Å²) in [5.41, 5.74) is 2.23. The molecule has 0 unspecified atom stereocenters. The van der Waals surface area contributed by atoms with Gasteiger partial charge in [-0.3, -0.25) is 0 Å². The minimum atomic E-state index is -2.79. The molecular formula is C19H17F2NO. The maximum absolute atomic E-state index is 12.1. The van der Waals surface area contributed by atoms with E-state index in [1.54, 1.807) is 24.3 Å². The molecule has 0 aliphatic heterocycles. The molecule has 0 saturated heterocycles. The lowest BCUT2D eigenvalue weighted by Crippen LogP contribution is -2.12. The van der Waals surface area contributed by atoms with Gasteiger partial charge in [0.05, 0.1) is 0 Å². The van der Waals surface area contributed by atoms with Crippen molar-refractivity contribution < 1.29 is 13.5 Å². The lowest BCUT2D eigenvalue weighted by Gasteiger charge is -2.08. The summed E-state index contributed by atoms with van der Waals surface area (Å²) in [6.45, 7) is -1.37. The summed E-state index contributed by atoms with van der Waals surface area (Å²) >= 11 is 0. The number of halogens is 2. The van der Waals surface area contributed by atoms with Crippen LogP contribution in [0.25, 0.3) is 10.8 Å². The highest BCUT2D eigenvalue weighted by atomic mass is 19.3. The van der Waals surface area contributed by atoms with Gasteiger partial charge in [-0.25, -0.2) is 0 Å². The molecule has 4 heteroatoms. The summed E-state index contributed by atoms with van der Waals surface area (Å²) in [6, 6.07) is 21.3. The van der Waals surface area contributed by atoms with Crippen LogP contribution in [-0.4, -0.2) is 6.61 Å². The zero-order valence-electron chi connectivity index (χ0n) is 12.5. The Balaban J connectivity index is 1.55. The first-order valence-electron chi connectivity index (χ1n) is 7.43. The Morgan fingerprint density at radius 1 is 0.783 bits per heavy atom. The minimum absolute atomic E-state index is 0.179. The smallest absolute Gasteiger partial charge is 0.387 e. The summed E-state index contributed by atoms with van der Waals surface area (Å²) in [7, 11) is 0. The molecule has 3 aromatic carbocycles. The van der Waals surface area contributed by atoms with E-state index in [-0.39, 0.29) is 5.75 Å². The molecule has 0 fully saturated rings. The second-order valence-electron chi connectivity index (χ2n) is 5.31. The first-order chi connectivity index (χ1) is 11.2. The Morgan fingerprint density at radius 2 is 1.43 bits per heavy atom. The van der Waals surface area contributed by atoms with E-state index >= 15 is 0 Å². The fraction of sp³-hybridized carbons (Fsp3) is 0.158. The highest BCUT2D eigenvalue weighted by Crippen LogP contribution is 2.16. The molecule has 0 aliphatic carbocycles. The van der Waals surface area contributed by atoms with E-state index in [2.05, 4.69) is 40.4 Å². The summed E-state index contributed by atoms with van der Waals surface area (Å²) < 4.78 is 28.5. The van der Waals surface area contributed by atoms with Crippen LogP contribution >= 0.6 is 0 Å². The van der Waals surface area contributed by atoms with Crippen molar-refractivity contribution in [2.75, 3.05) is 0 Å². The van der Waals surface area contributed by atoms with E-state index in [0.29, 0.717) is 6.54 Å². The fourth-order valence-electron chi connectivity index (χ4n) is 2.49.